The summed E-state index contributed by atoms with van der Waals surface area (Å²) in [4.78, 5) is 72.3. The summed E-state index contributed by atoms with van der Waals surface area (Å²) in [6, 6.07) is 0. The van der Waals surface area contributed by atoms with Gasteiger partial charge in [0.05, 0.1) is 26.4 Å². The van der Waals surface area contributed by atoms with Gasteiger partial charge in [0, 0.05) is 25.7 Å². The quantitative estimate of drug-likeness (QED) is 0.0222. The fraction of sp³-hybridized carbons (Fsp3) is 0.943. The van der Waals surface area contributed by atoms with Gasteiger partial charge in [-0.25, -0.2) is 9.13 Å². The summed E-state index contributed by atoms with van der Waals surface area (Å²) in [7, 11) is -9.89. The predicted octanol–water partition coefficient (Wildman–Crippen LogP) is 20.1. The van der Waals surface area contributed by atoms with Gasteiger partial charge < -0.3 is 33.8 Å². The molecule has 0 aliphatic carbocycles. The first-order valence-corrected chi connectivity index (χ1v) is 39.6. The largest absolute Gasteiger partial charge is 0.472 e. The van der Waals surface area contributed by atoms with Crippen LogP contribution in [0.5, 0.6) is 0 Å². The molecule has 0 bridgehead atoms. The summed E-state index contributed by atoms with van der Waals surface area (Å²) in [6.07, 6.45) is 50.2. The van der Waals surface area contributed by atoms with E-state index in [1.165, 1.54) is 180 Å². The SMILES string of the molecule is CCCCCCCCCCCCCCCCCCC(=O)O[C@H](COC(=O)CCCCCCCCCCCCCCC(C)C)COP(=O)(O)OC[C@@H](O)COP(=O)(O)OC[C@@H](COC(=O)CCCCCCC)OC(=O)CCCCCCCCCCCCCCC. The van der Waals surface area contributed by atoms with Crippen molar-refractivity contribution in [1.29, 1.82) is 0 Å². The number of phosphoric acid groups is 2. The second-order valence-corrected chi connectivity index (χ2v) is 28.7. The third-order valence-electron chi connectivity index (χ3n) is 16.3. The lowest BCUT2D eigenvalue weighted by Gasteiger charge is -2.21. The minimum absolute atomic E-state index is 0.107. The first kappa shape index (κ1) is 87.1. The second kappa shape index (κ2) is 63.5. The van der Waals surface area contributed by atoms with Crippen molar-refractivity contribution in [1.82, 2.24) is 0 Å². The average Bonchev–Trinajstić information content (AvgIpc) is 3.61. The summed E-state index contributed by atoms with van der Waals surface area (Å²) >= 11 is 0. The van der Waals surface area contributed by atoms with Crippen LogP contribution in [0.1, 0.15) is 362 Å². The predicted molar refractivity (Wildman–Crippen MR) is 358 cm³/mol. The Bertz CT molecular complexity index is 1720. The van der Waals surface area contributed by atoms with Gasteiger partial charge in [-0.2, -0.15) is 0 Å². The van der Waals surface area contributed by atoms with Gasteiger partial charge in [0.25, 0.3) is 0 Å². The van der Waals surface area contributed by atoms with E-state index in [0.717, 1.165) is 102 Å². The maximum atomic E-state index is 13.0. The molecular formula is C70H136O17P2. The van der Waals surface area contributed by atoms with Gasteiger partial charge in [-0.15, -0.1) is 0 Å². The van der Waals surface area contributed by atoms with E-state index in [4.69, 9.17) is 37.0 Å². The van der Waals surface area contributed by atoms with Crippen molar-refractivity contribution in [2.45, 2.75) is 380 Å². The van der Waals surface area contributed by atoms with Crippen molar-refractivity contribution in [3.8, 4) is 0 Å². The first-order chi connectivity index (χ1) is 43.0. The average molecular weight is 1310 g/mol. The molecule has 0 aliphatic rings. The van der Waals surface area contributed by atoms with Gasteiger partial charge in [0.1, 0.15) is 19.3 Å². The molecule has 528 valence electrons. The van der Waals surface area contributed by atoms with Crippen LogP contribution in [-0.2, 0) is 65.4 Å². The molecule has 0 saturated carbocycles. The Hall–Kier alpha value is -1.94. The Balaban J connectivity index is 5.16. The van der Waals surface area contributed by atoms with Crippen LogP contribution in [0.4, 0.5) is 0 Å². The molecule has 89 heavy (non-hydrogen) atoms. The molecule has 0 heterocycles. The molecule has 0 radical (unpaired) electrons. The molecule has 0 saturated heterocycles. The molecule has 0 aliphatic heterocycles. The molecule has 0 aromatic rings. The lowest BCUT2D eigenvalue weighted by Crippen LogP contribution is -2.30. The third kappa shape index (κ3) is 64.6. The Kier molecular flexibility index (Phi) is 62.1. The number of carbonyl (C=O) groups is 4. The molecule has 17 nitrogen and oxygen atoms in total. The van der Waals surface area contributed by atoms with Crippen LogP contribution in [0.15, 0.2) is 0 Å². The van der Waals surface area contributed by atoms with Crippen molar-refractivity contribution in [3.63, 3.8) is 0 Å². The smallest absolute Gasteiger partial charge is 0.462 e. The summed E-state index contributed by atoms with van der Waals surface area (Å²) in [5, 5.41) is 10.6. The Morgan fingerprint density at radius 1 is 0.303 bits per heavy atom. The number of hydrogen-bond acceptors (Lipinski definition) is 15. The monoisotopic (exact) mass is 1310 g/mol. The first-order valence-electron chi connectivity index (χ1n) is 36.6. The number of hydrogen-bond donors (Lipinski definition) is 3. The molecule has 19 heteroatoms. The summed E-state index contributed by atoms with van der Waals surface area (Å²) < 4.78 is 68.1. The maximum absolute atomic E-state index is 13.0. The van der Waals surface area contributed by atoms with E-state index in [2.05, 4.69) is 34.6 Å². The summed E-state index contributed by atoms with van der Waals surface area (Å²) in [6.45, 7) is 7.18. The van der Waals surface area contributed by atoms with Crippen LogP contribution in [0, 0.1) is 5.92 Å². The summed E-state index contributed by atoms with van der Waals surface area (Å²) in [5.41, 5.74) is 0. The minimum Gasteiger partial charge on any atom is -0.462 e. The molecule has 2 unspecified atom stereocenters. The highest BCUT2D eigenvalue weighted by atomic mass is 31.2. The number of aliphatic hydroxyl groups excluding tert-OH is 1. The van der Waals surface area contributed by atoms with Crippen LogP contribution in [0.2, 0.25) is 0 Å². The number of phosphoric ester groups is 2. The van der Waals surface area contributed by atoms with E-state index in [1.807, 2.05) is 0 Å². The highest BCUT2D eigenvalue weighted by Crippen LogP contribution is 2.45. The number of rotatable bonds is 70. The molecule has 0 fully saturated rings. The van der Waals surface area contributed by atoms with E-state index in [0.29, 0.717) is 25.7 Å². The van der Waals surface area contributed by atoms with Crippen molar-refractivity contribution >= 4 is 39.5 Å². The van der Waals surface area contributed by atoms with E-state index >= 15 is 0 Å². The van der Waals surface area contributed by atoms with Gasteiger partial charge in [0.2, 0.25) is 0 Å². The molecule has 0 aromatic carbocycles. The fourth-order valence-electron chi connectivity index (χ4n) is 10.6. The highest BCUT2D eigenvalue weighted by Gasteiger charge is 2.30. The van der Waals surface area contributed by atoms with Crippen LogP contribution < -0.4 is 0 Å². The van der Waals surface area contributed by atoms with E-state index in [1.54, 1.807) is 0 Å². The third-order valence-corrected chi connectivity index (χ3v) is 18.2. The van der Waals surface area contributed by atoms with Crippen LogP contribution in [0.3, 0.4) is 0 Å². The Labute approximate surface area is 543 Å². The van der Waals surface area contributed by atoms with Gasteiger partial charge in [-0.3, -0.25) is 37.3 Å². The molecule has 0 rings (SSSR count). The zero-order valence-corrected chi connectivity index (χ0v) is 59.4. The van der Waals surface area contributed by atoms with Crippen LogP contribution in [-0.4, -0.2) is 96.7 Å². The molecule has 0 aromatic heterocycles. The Morgan fingerprint density at radius 2 is 0.517 bits per heavy atom. The Morgan fingerprint density at radius 3 is 0.764 bits per heavy atom. The molecule has 0 spiro atoms. The molecule has 5 atom stereocenters. The molecular weight excluding hydrogens is 1170 g/mol. The number of aliphatic hydroxyl groups is 1. The summed E-state index contributed by atoms with van der Waals surface area (Å²) in [5.74, 6) is -1.35. The standard InChI is InChI=1S/C70H136O17P2/c1-6-9-12-15-17-19-21-23-24-25-27-33-37-41-46-51-56-70(75)87-66(60-81-68(73)54-49-44-39-35-31-29-28-30-34-38-43-47-52-63(4)5)62-85-89(78,79)83-58-64(71)57-82-88(76,77)84-61-65(59-80-67(72)53-48-42-14-11-8-3)86-69(74)55-50-45-40-36-32-26-22-20-18-16-13-10-7-2/h63-66,71H,6-62H2,1-5H3,(H,76,77)(H,78,79)/t64-,65+,66+/m0/s1. The normalized spacial score (nSPS) is 14.1. The highest BCUT2D eigenvalue weighted by molar-refractivity contribution is 7.47. The van der Waals surface area contributed by atoms with Crippen molar-refractivity contribution < 1.29 is 80.2 Å². The minimum atomic E-state index is -4.95. The van der Waals surface area contributed by atoms with Crippen LogP contribution >= 0.6 is 15.6 Å². The van der Waals surface area contributed by atoms with Crippen LogP contribution in [0.25, 0.3) is 0 Å². The number of unbranched alkanes of at least 4 members (excludes halogenated alkanes) is 42. The van der Waals surface area contributed by atoms with Gasteiger partial charge in [0.15, 0.2) is 12.2 Å². The van der Waals surface area contributed by atoms with Crippen molar-refractivity contribution in [3.05, 3.63) is 0 Å². The molecule has 0 amide bonds. The van der Waals surface area contributed by atoms with Gasteiger partial charge >= 0.3 is 39.5 Å². The number of ether oxygens (including phenoxy) is 4. The second-order valence-electron chi connectivity index (χ2n) is 25.7. The topological polar surface area (TPSA) is 237 Å². The lowest BCUT2D eigenvalue weighted by molar-refractivity contribution is -0.161. The zero-order valence-electron chi connectivity index (χ0n) is 57.6. The zero-order chi connectivity index (χ0) is 65.6. The molecule has 3 N–H and O–H groups in total. The van der Waals surface area contributed by atoms with Gasteiger partial charge in [-0.05, 0) is 31.6 Å². The van der Waals surface area contributed by atoms with E-state index in [-0.39, 0.29) is 25.7 Å². The van der Waals surface area contributed by atoms with E-state index in [9.17, 15) is 43.2 Å². The maximum Gasteiger partial charge on any atom is 0.472 e. The fourth-order valence-corrected chi connectivity index (χ4v) is 12.2. The lowest BCUT2D eigenvalue weighted by atomic mass is 10.0. The van der Waals surface area contributed by atoms with Crippen molar-refractivity contribution in [2.75, 3.05) is 39.6 Å². The van der Waals surface area contributed by atoms with Crippen molar-refractivity contribution in [2.24, 2.45) is 5.92 Å². The number of esters is 4. The van der Waals surface area contributed by atoms with Gasteiger partial charge in [-0.1, -0.05) is 311 Å². The number of carbonyl (C=O) groups excluding carboxylic acids is 4. The van der Waals surface area contributed by atoms with E-state index < -0.39 is 97.5 Å².